The molecule has 0 saturated carbocycles. The summed E-state index contributed by atoms with van der Waals surface area (Å²) >= 11 is 0. The lowest BCUT2D eigenvalue weighted by atomic mass is 10.0. The van der Waals surface area contributed by atoms with Crippen LogP contribution in [-0.4, -0.2) is 36.3 Å². The van der Waals surface area contributed by atoms with Crippen molar-refractivity contribution in [3.8, 4) is 6.07 Å². The summed E-state index contributed by atoms with van der Waals surface area (Å²) in [5.41, 5.74) is 0. The van der Waals surface area contributed by atoms with Crippen molar-refractivity contribution in [2.75, 3.05) is 6.54 Å². The van der Waals surface area contributed by atoms with Crippen LogP contribution in [0.3, 0.4) is 0 Å². The van der Waals surface area contributed by atoms with Crippen LogP contribution in [-0.2, 0) is 14.8 Å². The van der Waals surface area contributed by atoms with Crippen molar-refractivity contribution < 1.29 is 13.2 Å². The Morgan fingerprint density at radius 2 is 2.17 bits per heavy atom. The zero-order valence-electron chi connectivity index (χ0n) is 10.9. The van der Waals surface area contributed by atoms with Crippen LogP contribution in [0.25, 0.3) is 0 Å². The quantitative estimate of drug-likeness (QED) is 0.759. The number of nitriles is 1. The number of Topliss-reactive ketones (excluding diaryl/α,β-unsaturated/α-hetero) is 1. The molecular weight excluding hydrogens is 252 g/mol. The molecule has 1 fully saturated rings. The smallest absolute Gasteiger partial charge is 0.230 e. The number of hydrogen-bond donors (Lipinski definition) is 0. The summed E-state index contributed by atoms with van der Waals surface area (Å²) in [5, 5.41) is 7.94. The molecule has 0 N–H and O–H groups in total. The van der Waals surface area contributed by atoms with Gasteiger partial charge in [-0.1, -0.05) is 13.3 Å². The van der Waals surface area contributed by atoms with Gasteiger partial charge in [-0.2, -0.15) is 9.57 Å². The summed E-state index contributed by atoms with van der Waals surface area (Å²) in [6, 6.07) is 1.59. The number of sulfonamides is 1. The molecule has 0 radical (unpaired) electrons. The highest BCUT2D eigenvalue weighted by molar-refractivity contribution is 7.90. The van der Waals surface area contributed by atoms with Gasteiger partial charge in [0.15, 0.2) is 5.25 Å². The van der Waals surface area contributed by atoms with Crippen LogP contribution >= 0.6 is 0 Å². The molecule has 0 amide bonds. The maximum Gasteiger partial charge on any atom is 0.230 e. The Kier molecular flexibility index (Phi) is 5.29. The number of nitrogens with zero attached hydrogens (tertiary/aromatic N) is 2. The molecule has 0 aliphatic carbocycles. The highest BCUT2D eigenvalue weighted by atomic mass is 32.2. The number of rotatable bonds is 5. The first-order valence-electron chi connectivity index (χ1n) is 6.33. The Morgan fingerprint density at radius 3 is 2.67 bits per heavy atom. The molecule has 0 aromatic rings. The molecule has 1 rings (SSSR count). The van der Waals surface area contributed by atoms with Gasteiger partial charge in [0, 0.05) is 19.0 Å². The minimum atomic E-state index is -3.60. The normalized spacial score (nSPS) is 23.3. The second-order valence-corrected chi connectivity index (χ2v) is 6.81. The molecule has 0 aromatic carbocycles. The molecule has 1 aliphatic rings. The number of carbonyl (C=O) groups excluding carboxylic acids is 1. The van der Waals surface area contributed by atoms with Crippen LogP contribution in [0.1, 0.15) is 46.0 Å². The average Bonchev–Trinajstić information content (AvgIpc) is 2.30. The molecule has 1 heterocycles. The van der Waals surface area contributed by atoms with Crippen molar-refractivity contribution in [1.82, 2.24) is 4.31 Å². The molecule has 0 bridgehead atoms. The fourth-order valence-electron chi connectivity index (χ4n) is 2.38. The van der Waals surface area contributed by atoms with Gasteiger partial charge in [-0.05, 0) is 26.2 Å². The summed E-state index contributed by atoms with van der Waals surface area (Å²) in [6.07, 6.45) is 2.98. The van der Waals surface area contributed by atoms with Crippen LogP contribution in [0.15, 0.2) is 0 Å². The molecule has 1 saturated heterocycles. The first-order chi connectivity index (χ1) is 8.43. The van der Waals surface area contributed by atoms with Gasteiger partial charge < -0.3 is 0 Å². The fourth-order valence-corrected chi connectivity index (χ4v) is 4.24. The number of hydrogen-bond acceptors (Lipinski definition) is 4. The lowest BCUT2D eigenvalue weighted by Crippen LogP contribution is -2.48. The van der Waals surface area contributed by atoms with Crippen molar-refractivity contribution in [2.24, 2.45) is 0 Å². The molecule has 2 unspecified atom stereocenters. The van der Waals surface area contributed by atoms with E-state index in [2.05, 4.69) is 0 Å². The van der Waals surface area contributed by atoms with Gasteiger partial charge >= 0.3 is 0 Å². The van der Waals surface area contributed by atoms with E-state index in [1.165, 1.54) is 11.2 Å². The molecule has 0 spiro atoms. The van der Waals surface area contributed by atoms with E-state index in [1.54, 1.807) is 6.92 Å². The SMILES string of the molecule is CCC(C#N)S(=O)(=O)N1CCCCC1CC(C)=O. The van der Waals surface area contributed by atoms with Gasteiger partial charge in [-0.3, -0.25) is 4.79 Å². The zero-order chi connectivity index (χ0) is 13.8. The minimum Gasteiger partial charge on any atom is -0.300 e. The molecule has 0 aromatic heterocycles. The van der Waals surface area contributed by atoms with Crippen LogP contribution in [0.4, 0.5) is 0 Å². The molecule has 1 aliphatic heterocycles. The topological polar surface area (TPSA) is 78.2 Å². The standard InChI is InChI=1S/C12H20N2O3S/c1-3-12(9-13)18(16,17)14-7-5-4-6-11(14)8-10(2)15/h11-12H,3-8H2,1-2H3. The maximum absolute atomic E-state index is 12.3. The van der Waals surface area contributed by atoms with E-state index in [0.29, 0.717) is 13.0 Å². The van der Waals surface area contributed by atoms with Gasteiger partial charge in [0.25, 0.3) is 0 Å². The Hall–Kier alpha value is -0.930. The summed E-state index contributed by atoms with van der Waals surface area (Å²) in [7, 11) is -3.60. The van der Waals surface area contributed by atoms with Gasteiger partial charge in [-0.25, -0.2) is 8.42 Å². The molecular formula is C12H20N2O3S. The second-order valence-electron chi connectivity index (χ2n) is 4.74. The first kappa shape index (κ1) is 15.1. The second kappa shape index (κ2) is 6.30. The Bertz CT molecular complexity index is 439. The van der Waals surface area contributed by atoms with E-state index in [1.807, 2.05) is 6.07 Å². The van der Waals surface area contributed by atoms with Crippen LogP contribution in [0.2, 0.25) is 0 Å². The zero-order valence-corrected chi connectivity index (χ0v) is 11.7. The van der Waals surface area contributed by atoms with Crippen molar-refractivity contribution in [3.63, 3.8) is 0 Å². The van der Waals surface area contributed by atoms with Crippen LogP contribution in [0, 0.1) is 11.3 Å². The Morgan fingerprint density at radius 1 is 1.50 bits per heavy atom. The van der Waals surface area contributed by atoms with Crippen LogP contribution < -0.4 is 0 Å². The van der Waals surface area contributed by atoms with Crippen molar-refractivity contribution in [2.45, 2.75) is 57.2 Å². The molecule has 6 heteroatoms. The lowest BCUT2D eigenvalue weighted by Gasteiger charge is -2.35. The predicted octanol–water partition coefficient (Wildman–Crippen LogP) is 1.45. The summed E-state index contributed by atoms with van der Waals surface area (Å²) < 4.78 is 26.0. The summed E-state index contributed by atoms with van der Waals surface area (Å²) in [6.45, 7) is 3.59. The molecule has 18 heavy (non-hydrogen) atoms. The monoisotopic (exact) mass is 272 g/mol. The van der Waals surface area contributed by atoms with Gasteiger partial charge in [0.1, 0.15) is 5.78 Å². The third-order valence-electron chi connectivity index (χ3n) is 3.30. The van der Waals surface area contributed by atoms with E-state index in [4.69, 9.17) is 5.26 Å². The minimum absolute atomic E-state index is 0.00731. The van der Waals surface area contributed by atoms with Crippen molar-refractivity contribution in [3.05, 3.63) is 0 Å². The van der Waals surface area contributed by atoms with Crippen LogP contribution in [0.5, 0.6) is 0 Å². The maximum atomic E-state index is 12.3. The first-order valence-corrected chi connectivity index (χ1v) is 7.83. The third-order valence-corrected chi connectivity index (χ3v) is 5.59. The highest BCUT2D eigenvalue weighted by Gasteiger charge is 2.37. The van der Waals surface area contributed by atoms with Gasteiger partial charge in [0.2, 0.25) is 10.0 Å². The fraction of sp³-hybridized carbons (Fsp3) is 0.833. The number of piperidine rings is 1. The van der Waals surface area contributed by atoms with E-state index < -0.39 is 15.3 Å². The Labute approximate surface area is 109 Å². The molecule has 102 valence electrons. The highest BCUT2D eigenvalue weighted by Crippen LogP contribution is 2.25. The average molecular weight is 272 g/mol. The summed E-state index contributed by atoms with van der Waals surface area (Å²) in [5.74, 6) is -0.00731. The van der Waals surface area contributed by atoms with Gasteiger partial charge in [0.05, 0.1) is 6.07 Å². The van der Waals surface area contributed by atoms with E-state index >= 15 is 0 Å². The van der Waals surface area contributed by atoms with Gasteiger partial charge in [-0.15, -0.1) is 0 Å². The third kappa shape index (κ3) is 3.30. The largest absolute Gasteiger partial charge is 0.300 e. The Balaban J connectivity index is 2.96. The summed E-state index contributed by atoms with van der Waals surface area (Å²) in [4.78, 5) is 11.2. The van der Waals surface area contributed by atoms with Crippen molar-refractivity contribution >= 4 is 15.8 Å². The van der Waals surface area contributed by atoms with E-state index in [9.17, 15) is 13.2 Å². The van der Waals surface area contributed by atoms with E-state index in [-0.39, 0.29) is 24.7 Å². The number of ketones is 1. The van der Waals surface area contributed by atoms with Crippen molar-refractivity contribution in [1.29, 1.82) is 5.26 Å². The molecule has 5 nitrogen and oxygen atoms in total. The number of carbonyl (C=O) groups is 1. The molecule has 2 atom stereocenters. The lowest BCUT2D eigenvalue weighted by molar-refractivity contribution is -0.118. The van der Waals surface area contributed by atoms with E-state index in [0.717, 1.165) is 12.8 Å². The predicted molar refractivity (Wildman–Crippen MR) is 68.3 cm³/mol.